The van der Waals surface area contributed by atoms with Gasteiger partial charge in [0.2, 0.25) is 5.91 Å². The zero-order valence-corrected chi connectivity index (χ0v) is 17.4. The van der Waals surface area contributed by atoms with E-state index in [2.05, 4.69) is 36.4 Å². The van der Waals surface area contributed by atoms with E-state index in [-0.39, 0.29) is 29.5 Å². The molecule has 2 atom stereocenters. The van der Waals surface area contributed by atoms with Gasteiger partial charge in [-0.3, -0.25) is 9.79 Å². The second-order valence-electron chi connectivity index (χ2n) is 9.14. The molecule has 6 heteroatoms. The monoisotopic (exact) mass is 354 g/mol. The summed E-state index contributed by atoms with van der Waals surface area (Å²) >= 11 is 0. The van der Waals surface area contributed by atoms with E-state index in [0.29, 0.717) is 5.92 Å². The maximum atomic E-state index is 12.1. The molecule has 0 aromatic heterocycles. The fourth-order valence-electron chi connectivity index (χ4n) is 3.36. The molecule has 0 aliphatic carbocycles. The van der Waals surface area contributed by atoms with Gasteiger partial charge in [0.25, 0.3) is 0 Å². The molecular formula is C19H38N4O2. The minimum atomic E-state index is -0.228. The van der Waals surface area contributed by atoms with Crippen molar-refractivity contribution in [3.63, 3.8) is 0 Å². The molecule has 0 saturated carbocycles. The van der Waals surface area contributed by atoms with Crippen LogP contribution in [0, 0.1) is 11.3 Å². The molecule has 1 amide bonds. The summed E-state index contributed by atoms with van der Waals surface area (Å²) in [5.41, 5.74) is -0.108. The average molecular weight is 355 g/mol. The summed E-state index contributed by atoms with van der Waals surface area (Å²) in [6, 6.07) is 0. The second kappa shape index (κ2) is 8.88. The van der Waals surface area contributed by atoms with Gasteiger partial charge >= 0.3 is 0 Å². The highest BCUT2D eigenvalue weighted by Gasteiger charge is 2.35. The molecule has 1 fully saturated rings. The molecule has 146 valence electrons. The Balaban J connectivity index is 2.59. The van der Waals surface area contributed by atoms with Crippen molar-refractivity contribution in [2.75, 3.05) is 33.8 Å². The van der Waals surface area contributed by atoms with Crippen LogP contribution in [0.5, 0.6) is 0 Å². The highest BCUT2D eigenvalue weighted by atomic mass is 16.5. The van der Waals surface area contributed by atoms with Gasteiger partial charge in [-0.2, -0.15) is 0 Å². The first-order valence-corrected chi connectivity index (χ1v) is 9.28. The van der Waals surface area contributed by atoms with Crippen LogP contribution in [0.25, 0.3) is 0 Å². The largest absolute Gasteiger partial charge is 0.377 e. The van der Waals surface area contributed by atoms with Gasteiger partial charge in [-0.15, -0.1) is 0 Å². The number of amides is 1. The Morgan fingerprint density at radius 1 is 1.24 bits per heavy atom. The molecule has 0 spiro atoms. The predicted molar refractivity (Wildman–Crippen MR) is 104 cm³/mol. The summed E-state index contributed by atoms with van der Waals surface area (Å²) < 4.78 is 6.04. The third kappa shape index (κ3) is 7.63. The number of guanidine groups is 1. The van der Waals surface area contributed by atoms with Crippen molar-refractivity contribution >= 4 is 11.9 Å². The summed E-state index contributed by atoms with van der Waals surface area (Å²) in [5.74, 6) is 1.18. The first-order valence-electron chi connectivity index (χ1n) is 9.28. The molecule has 1 saturated heterocycles. The average Bonchev–Trinajstić information content (AvgIpc) is 2.45. The van der Waals surface area contributed by atoms with Gasteiger partial charge in [-0.1, -0.05) is 20.8 Å². The van der Waals surface area contributed by atoms with Crippen LogP contribution in [0.1, 0.15) is 54.4 Å². The van der Waals surface area contributed by atoms with Crippen molar-refractivity contribution in [1.29, 1.82) is 0 Å². The highest BCUT2D eigenvalue weighted by Crippen LogP contribution is 2.33. The lowest BCUT2D eigenvalue weighted by Crippen LogP contribution is -2.51. The number of rotatable bonds is 4. The molecule has 0 bridgehead atoms. The zero-order chi connectivity index (χ0) is 19.3. The van der Waals surface area contributed by atoms with Crippen molar-refractivity contribution in [3.05, 3.63) is 0 Å². The number of aliphatic imine (C=N–C) groups is 1. The number of hydrogen-bond acceptors (Lipinski definition) is 3. The molecule has 2 N–H and O–H groups in total. The van der Waals surface area contributed by atoms with E-state index in [4.69, 9.17) is 4.74 Å². The quantitative estimate of drug-likeness (QED) is 0.600. The maximum Gasteiger partial charge on any atom is 0.240 e. The van der Waals surface area contributed by atoms with E-state index >= 15 is 0 Å². The molecule has 25 heavy (non-hydrogen) atoms. The van der Waals surface area contributed by atoms with E-state index < -0.39 is 0 Å². The van der Waals surface area contributed by atoms with E-state index in [1.807, 2.05) is 32.7 Å². The molecule has 1 aliphatic heterocycles. The van der Waals surface area contributed by atoms with E-state index in [9.17, 15) is 4.79 Å². The summed E-state index contributed by atoms with van der Waals surface area (Å²) in [6.45, 7) is 14.6. The van der Waals surface area contributed by atoms with Crippen LogP contribution >= 0.6 is 0 Å². The third-order valence-corrected chi connectivity index (χ3v) is 4.29. The Morgan fingerprint density at radius 3 is 2.40 bits per heavy atom. The minimum Gasteiger partial charge on any atom is -0.377 e. The van der Waals surface area contributed by atoms with Crippen LogP contribution in [-0.2, 0) is 9.53 Å². The fourth-order valence-corrected chi connectivity index (χ4v) is 3.36. The third-order valence-electron chi connectivity index (χ3n) is 4.29. The highest BCUT2D eigenvalue weighted by molar-refractivity contribution is 5.86. The molecule has 6 nitrogen and oxygen atoms in total. The number of ether oxygens (including phenoxy) is 1. The van der Waals surface area contributed by atoms with Crippen molar-refractivity contribution < 1.29 is 9.53 Å². The van der Waals surface area contributed by atoms with Crippen LogP contribution < -0.4 is 10.6 Å². The van der Waals surface area contributed by atoms with Gasteiger partial charge < -0.3 is 20.3 Å². The Bertz CT molecular complexity index is 463. The SMILES string of the molecule is CN=C(NCC1CCCOC1C(C)(C)C)N(C)CC(=O)NC(C)(C)C. The van der Waals surface area contributed by atoms with Crippen molar-refractivity contribution in [2.24, 2.45) is 16.3 Å². The topological polar surface area (TPSA) is 66.0 Å². The fraction of sp³-hybridized carbons (Fsp3) is 0.895. The zero-order valence-electron chi connectivity index (χ0n) is 17.4. The van der Waals surface area contributed by atoms with Crippen LogP contribution in [0.15, 0.2) is 4.99 Å². The van der Waals surface area contributed by atoms with E-state index in [1.54, 1.807) is 7.05 Å². The Hall–Kier alpha value is -1.30. The number of carbonyl (C=O) groups is 1. The number of nitrogens with zero attached hydrogens (tertiary/aromatic N) is 2. The first kappa shape index (κ1) is 21.7. The second-order valence-corrected chi connectivity index (χ2v) is 9.14. The van der Waals surface area contributed by atoms with Gasteiger partial charge in [0.15, 0.2) is 5.96 Å². The van der Waals surface area contributed by atoms with Crippen molar-refractivity contribution in [3.8, 4) is 0 Å². The van der Waals surface area contributed by atoms with Gasteiger partial charge in [-0.05, 0) is 39.0 Å². The van der Waals surface area contributed by atoms with Crippen LogP contribution in [0.4, 0.5) is 0 Å². The Morgan fingerprint density at radius 2 is 1.88 bits per heavy atom. The number of likely N-dealkylation sites (N-methyl/N-ethyl adjacent to an activating group) is 1. The van der Waals surface area contributed by atoms with Crippen molar-refractivity contribution in [2.45, 2.75) is 66.0 Å². The van der Waals surface area contributed by atoms with E-state index in [1.165, 1.54) is 0 Å². The molecule has 0 aromatic rings. The molecule has 1 aliphatic rings. The van der Waals surface area contributed by atoms with Gasteiger partial charge in [0, 0.05) is 38.7 Å². The molecule has 2 unspecified atom stereocenters. The molecule has 1 rings (SSSR count). The number of carbonyl (C=O) groups excluding carboxylic acids is 1. The smallest absolute Gasteiger partial charge is 0.240 e. The maximum absolute atomic E-state index is 12.1. The summed E-state index contributed by atoms with van der Waals surface area (Å²) in [6.07, 6.45) is 2.49. The molecular weight excluding hydrogens is 316 g/mol. The molecule has 0 aromatic carbocycles. The molecule has 0 radical (unpaired) electrons. The lowest BCUT2D eigenvalue weighted by molar-refractivity contribution is -0.122. The molecule has 1 heterocycles. The van der Waals surface area contributed by atoms with Crippen LogP contribution in [-0.4, -0.2) is 62.2 Å². The Kier molecular flexibility index (Phi) is 7.72. The van der Waals surface area contributed by atoms with Gasteiger partial charge in [0.05, 0.1) is 12.6 Å². The minimum absolute atomic E-state index is 0.00785. The van der Waals surface area contributed by atoms with Gasteiger partial charge in [0.1, 0.15) is 0 Å². The number of hydrogen-bond donors (Lipinski definition) is 2. The lowest BCUT2D eigenvalue weighted by atomic mass is 9.78. The van der Waals surface area contributed by atoms with Crippen LogP contribution in [0.2, 0.25) is 0 Å². The predicted octanol–water partition coefficient (Wildman–Crippen LogP) is 2.25. The van der Waals surface area contributed by atoms with E-state index in [0.717, 1.165) is 32.0 Å². The summed E-state index contributed by atoms with van der Waals surface area (Å²) in [5, 5.41) is 6.40. The standard InChI is InChI=1S/C19H38N4O2/c1-18(2,3)16-14(10-9-11-25-16)12-21-17(20-7)23(8)13-15(24)22-19(4,5)6/h14,16H,9-13H2,1-8H3,(H,20,21)(H,22,24). The summed E-state index contributed by atoms with van der Waals surface area (Å²) in [7, 11) is 3.63. The number of nitrogens with one attached hydrogen (secondary N) is 2. The first-order chi connectivity index (χ1) is 11.4. The van der Waals surface area contributed by atoms with Crippen molar-refractivity contribution in [1.82, 2.24) is 15.5 Å². The Labute approximate surface area is 153 Å². The van der Waals surface area contributed by atoms with Crippen LogP contribution in [0.3, 0.4) is 0 Å². The lowest BCUT2D eigenvalue weighted by Gasteiger charge is -2.40. The summed E-state index contributed by atoms with van der Waals surface area (Å²) in [4.78, 5) is 18.3. The normalized spacial score (nSPS) is 22.5. The van der Waals surface area contributed by atoms with Gasteiger partial charge in [-0.25, -0.2) is 0 Å².